The van der Waals surface area contributed by atoms with Gasteiger partial charge in [-0.2, -0.15) is 0 Å². The van der Waals surface area contributed by atoms with Gasteiger partial charge in [0.25, 0.3) is 0 Å². The Morgan fingerprint density at radius 2 is 1.72 bits per heavy atom. The van der Waals surface area contributed by atoms with Gasteiger partial charge in [-0.25, -0.2) is 4.39 Å². The molecule has 0 fully saturated rings. The highest BCUT2D eigenvalue weighted by molar-refractivity contribution is 5.77. The molecule has 2 aromatic rings. The topological polar surface area (TPSA) is 9.72 Å². The Morgan fingerprint density at radius 3 is 2.36 bits per heavy atom. The Hall–Kier alpha value is -2.07. The zero-order chi connectivity index (χ0) is 18.0. The minimum atomic E-state index is -0.133. The summed E-state index contributed by atoms with van der Waals surface area (Å²) in [5.74, 6) is -0.133. The first-order valence-corrected chi connectivity index (χ1v) is 9.00. The summed E-state index contributed by atoms with van der Waals surface area (Å²) < 4.78 is 14.8. The fourth-order valence-corrected chi connectivity index (χ4v) is 3.59. The molecule has 0 radical (unpaired) electrons. The molecule has 0 amide bonds. The van der Waals surface area contributed by atoms with Crippen LogP contribution in [-0.4, -0.2) is 38.3 Å². The molecule has 1 heterocycles. The van der Waals surface area contributed by atoms with E-state index >= 15 is 0 Å². The van der Waals surface area contributed by atoms with Crippen molar-refractivity contribution in [2.24, 2.45) is 0 Å². The third-order valence-corrected chi connectivity index (χ3v) is 4.90. The SMILES string of the molecule is CC(C)N1CN([C@H](CCN(C)C)c2ccccc2)c2c(F)cccc21. The normalized spacial score (nSPS) is 15.2. The van der Waals surface area contributed by atoms with Crippen LogP contribution in [0, 0.1) is 5.82 Å². The van der Waals surface area contributed by atoms with Gasteiger partial charge >= 0.3 is 0 Å². The molecule has 1 aliphatic heterocycles. The maximum Gasteiger partial charge on any atom is 0.148 e. The molecule has 3 rings (SSSR count). The molecule has 0 unspecified atom stereocenters. The maximum atomic E-state index is 14.8. The van der Waals surface area contributed by atoms with Crippen molar-refractivity contribution in [3.8, 4) is 0 Å². The summed E-state index contributed by atoms with van der Waals surface area (Å²) in [6, 6.07) is 16.4. The van der Waals surface area contributed by atoms with Crippen LogP contribution in [0.2, 0.25) is 0 Å². The Balaban J connectivity index is 2.02. The van der Waals surface area contributed by atoms with Crippen LogP contribution in [0.1, 0.15) is 31.9 Å². The first kappa shape index (κ1) is 17.7. The standard InChI is InChI=1S/C21H28FN3/c1-16(2)24-15-25(21-18(22)11-8-12-20(21)24)19(13-14-23(3)4)17-9-6-5-7-10-17/h5-12,16,19H,13-15H2,1-4H3/t19-/m1/s1. The third kappa shape index (κ3) is 3.64. The Morgan fingerprint density at radius 1 is 1.00 bits per heavy atom. The number of fused-ring (bicyclic) bond motifs is 1. The second-order valence-corrected chi connectivity index (χ2v) is 7.30. The highest BCUT2D eigenvalue weighted by Gasteiger charge is 2.34. The number of para-hydroxylation sites is 1. The number of nitrogens with zero attached hydrogens (tertiary/aromatic N) is 3. The molecule has 0 saturated carbocycles. The number of anilines is 2. The molecule has 25 heavy (non-hydrogen) atoms. The summed E-state index contributed by atoms with van der Waals surface area (Å²) in [4.78, 5) is 6.71. The molecule has 4 heteroatoms. The van der Waals surface area contributed by atoms with Crippen molar-refractivity contribution in [2.75, 3.05) is 37.1 Å². The van der Waals surface area contributed by atoms with Crippen LogP contribution in [0.5, 0.6) is 0 Å². The number of hydrogen-bond acceptors (Lipinski definition) is 3. The highest BCUT2D eigenvalue weighted by atomic mass is 19.1. The number of rotatable bonds is 6. The van der Waals surface area contributed by atoms with Gasteiger partial charge in [0, 0.05) is 6.04 Å². The number of benzene rings is 2. The fourth-order valence-electron chi connectivity index (χ4n) is 3.59. The fraction of sp³-hybridized carbons (Fsp3) is 0.429. The van der Waals surface area contributed by atoms with E-state index < -0.39 is 0 Å². The van der Waals surface area contributed by atoms with Crippen LogP contribution in [0.25, 0.3) is 0 Å². The molecule has 2 aromatic carbocycles. The largest absolute Gasteiger partial charge is 0.350 e. The molecule has 0 saturated heterocycles. The molecular weight excluding hydrogens is 313 g/mol. The van der Waals surface area contributed by atoms with Gasteiger partial charge in [0.2, 0.25) is 0 Å². The lowest BCUT2D eigenvalue weighted by molar-refractivity contribution is 0.376. The van der Waals surface area contributed by atoms with Crippen molar-refractivity contribution >= 4 is 11.4 Å². The van der Waals surface area contributed by atoms with Crippen molar-refractivity contribution in [1.82, 2.24) is 4.90 Å². The van der Waals surface area contributed by atoms with E-state index in [1.165, 1.54) is 5.56 Å². The van der Waals surface area contributed by atoms with E-state index in [0.717, 1.165) is 31.0 Å². The van der Waals surface area contributed by atoms with Gasteiger partial charge in [0.15, 0.2) is 0 Å². The highest BCUT2D eigenvalue weighted by Crippen LogP contribution is 2.44. The zero-order valence-corrected chi connectivity index (χ0v) is 15.6. The molecule has 134 valence electrons. The van der Waals surface area contributed by atoms with Crippen LogP contribution in [0.15, 0.2) is 48.5 Å². The van der Waals surface area contributed by atoms with E-state index in [2.05, 4.69) is 66.9 Å². The van der Waals surface area contributed by atoms with Crippen LogP contribution < -0.4 is 9.80 Å². The van der Waals surface area contributed by atoms with Crippen molar-refractivity contribution in [1.29, 1.82) is 0 Å². The molecule has 0 aromatic heterocycles. The van der Waals surface area contributed by atoms with Crippen molar-refractivity contribution in [2.45, 2.75) is 32.4 Å². The third-order valence-electron chi connectivity index (χ3n) is 4.90. The lowest BCUT2D eigenvalue weighted by atomic mass is 10.0. The van der Waals surface area contributed by atoms with E-state index in [1.807, 2.05) is 18.2 Å². The van der Waals surface area contributed by atoms with Crippen LogP contribution in [0.3, 0.4) is 0 Å². The first-order valence-electron chi connectivity index (χ1n) is 9.00. The van der Waals surface area contributed by atoms with E-state index in [9.17, 15) is 4.39 Å². The molecule has 3 nitrogen and oxygen atoms in total. The number of halogens is 1. The lowest BCUT2D eigenvalue weighted by Gasteiger charge is -2.33. The lowest BCUT2D eigenvalue weighted by Crippen LogP contribution is -2.38. The second-order valence-electron chi connectivity index (χ2n) is 7.30. The summed E-state index contributed by atoms with van der Waals surface area (Å²) in [6.07, 6.45) is 0.955. The van der Waals surface area contributed by atoms with Crippen LogP contribution >= 0.6 is 0 Å². The summed E-state index contributed by atoms with van der Waals surface area (Å²) in [6.45, 7) is 6.01. The average Bonchev–Trinajstić information content (AvgIpc) is 2.97. The predicted molar refractivity (Wildman–Crippen MR) is 104 cm³/mol. The van der Waals surface area contributed by atoms with Crippen LogP contribution in [-0.2, 0) is 0 Å². The van der Waals surface area contributed by atoms with E-state index in [0.29, 0.717) is 6.04 Å². The van der Waals surface area contributed by atoms with Gasteiger partial charge in [-0.1, -0.05) is 36.4 Å². The van der Waals surface area contributed by atoms with Crippen molar-refractivity contribution in [3.05, 3.63) is 59.9 Å². The summed E-state index contributed by atoms with van der Waals surface area (Å²) >= 11 is 0. The molecule has 0 aliphatic carbocycles. The van der Waals surface area contributed by atoms with E-state index in [1.54, 1.807) is 6.07 Å². The van der Waals surface area contributed by atoms with E-state index in [4.69, 9.17) is 0 Å². The first-order chi connectivity index (χ1) is 12.0. The minimum Gasteiger partial charge on any atom is -0.350 e. The van der Waals surface area contributed by atoms with E-state index in [-0.39, 0.29) is 11.9 Å². The molecule has 1 aliphatic rings. The smallest absolute Gasteiger partial charge is 0.148 e. The van der Waals surface area contributed by atoms with Gasteiger partial charge in [-0.15, -0.1) is 0 Å². The quantitative estimate of drug-likeness (QED) is 0.765. The molecule has 0 bridgehead atoms. The van der Waals surface area contributed by atoms with Gasteiger partial charge in [-0.05, 0) is 58.6 Å². The van der Waals surface area contributed by atoms with Crippen molar-refractivity contribution < 1.29 is 4.39 Å². The summed E-state index contributed by atoms with van der Waals surface area (Å²) in [5.41, 5.74) is 2.98. The average molecular weight is 341 g/mol. The van der Waals surface area contributed by atoms with Crippen molar-refractivity contribution in [3.63, 3.8) is 0 Å². The minimum absolute atomic E-state index is 0.133. The molecular formula is C21H28FN3. The van der Waals surface area contributed by atoms with Gasteiger partial charge < -0.3 is 14.7 Å². The van der Waals surface area contributed by atoms with Crippen LogP contribution in [0.4, 0.5) is 15.8 Å². The Kier molecular flexibility index (Phi) is 5.28. The van der Waals surface area contributed by atoms with Gasteiger partial charge in [-0.3, -0.25) is 0 Å². The maximum absolute atomic E-state index is 14.8. The predicted octanol–water partition coefficient (Wildman–Crippen LogP) is 4.51. The molecule has 1 atom stereocenters. The summed E-state index contributed by atoms with van der Waals surface area (Å²) in [5, 5.41) is 0. The molecule has 0 spiro atoms. The van der Waals surface area contributed by atoms with Gasteiger partial charge in [0.05, 0.1) is 24.1 Å². The van der Waals surface area contributed by atoms with Gasteiger partial charge in [0.1, 0.15) is 5.82 Å². The zero-order valence-electron chi connectivity index (χ0n) is 15.6. The monoisotopic (exact) mass is 341 g/mol. The number of hydrogen-bond donors (Lipinski definition) is 0. The second kappa shape index (κ2) is 7.44. The Labute approximate surface area is 150 Å². The summed E-state index contributed by atoms with van der Waals surface area (Å²) in [7, 11) is 4.17. The Bertz CT molecular complexity index is 700. The molecule has 0 N–H and O–H groups in total.